The van der Waals surface area contributed by atoms with Crippen molar-refractivity contribution < 1.29 is 0 Å². The Morgan fingerprint density at radius 1 is 1.00 bits per heavy atom. The molecule has 0 aromatic carbocycles. The van der Waals surface area contributed by atoms with E-state index in [1.807, 2.05) is 46.6 Å². The van der Waals surface area contributed by atoms with Gasteiger partial charge >= 0.3 is 0 Å². The minimum Gasteiger partial charge on any atom is -0.345 e. The lowest BCUT2D eigenvalue weighted by molar-refractivity contribution is 0.118. The third-order valence-electron chi connectivity index (χ3n) is 1.92. The van der Waals surface area contributed by atoms with Crippen LogP contribution in [-0.2, 0) is 0 Å². The van der Waals surface area contributed by atoms with Crippen molar-refractivity contribution in [1.82, 2.24) is 19.8 Å². The molecule has 0 saturated carbocycles. The Kier molecular flexibility index (Phi) is 1.96. The highest BCUT2D eigenvalue weighted by Gasteiger charge is 2.16. The lowest BCUT2D eigenvalue weighted by Crippen LogP contribution is -2.34. The fraction of sp³-hybridized carbons (Fsp3) is 0.714. The average molecular weight is 182 g/mol. The number of rotatable bonds is 2. The minimum absolute atomic E-state index is 0.752. The molecular weight excluding hydrogens is 168 g/mol. The van der Waals surface area contributed by atoms with Crippen molar-refractivity contribution in [2.45, 2.75) is 0 Å². The predicted molar refractivity (Wildman–Crippen MR) is 50.8 cm³/mol. The van der Waals surface area contributed by atoms with Crippen LogP contribution in [0.1, 0.15) is 0 Å². The largest absolute Gasteiger partial charge is 0.345 e. The first-order chi connectivity index (χ1) is 6.24. The van der Waals surface area contributed by atoms with Crippen molar-refractivity contribution in [2.75, 3.05) is 34.1 Å². The molecule has 2 aliphatic heterocycles. The smallest absolute Gasteiger partial charge is 0.127 e. The van der Waals surface area contributed by atoms with Crippen LogP contribution in [-0.4, -0.2) is 66.6 Å². The van der Waals surface area contributed by atoms with Crippen LogP contribution in [0.4, 0.5) is 0 Å². The maximum absolute atomic E-state index is 4.21. The molecule has 0 fully saturated rings. The molecular formula is C7H14N6. The van der Waals surface area contributed by atoms with Gasteiger partial charge in [-0.2, -0.15) is 10.2 Å². The quantitative estimate of drug-likeness (QED) is 0.562. The van der Waals surface area contributed by atoms with E-state index < -0.39 is 0 Å². The van der Waals surface area contributed by atoms with Crippen LogP contribution in [0.5, 0.6) is 0 Å². The molecule has 0 spiro atoms. The minimum atomic E-state index is 0.752. The molecule has 0 aromatic rings. The zero-order valence-corrected chi connectivity index (χ0v) is 7.96. The van der Waals surface area contributed by atoms with E-state index in [2.05, 4.69) is 10.2 Å². The molecule has 13 heavy (non-hydrogen) atoms. The van der Waals surface area contributed by atoms with Gasteiger partial charge in [0.15, 0.2) is 0 Å². The van der Waals surface area contributed by atoms with Gasteiger partial charge in [0.2, 0.25) is 0 Å². The van der Waals surface area contributed by atoms with Crippen molar-refractivity contribution in [3.05, 3.63) is 0 Å². The molecule has 0 unspecified atom stereocenters. The van der Waals surface area contributed by atoms with Gasteiger partial charge in [-0.1, -0.05) is 0 Å². The highest BCUT2D eigenvalue weighted by Crippen LogP contribution is 2.05. The Morgan fingerprint density at radius 3 is 1.77 bits per heavy atom. The van der Waals surface area contributed by atoms with Crippen LogP contribution in [0.3, 0.4) is 0 Å². The molecule has 2 aliphatic rings. The molecule has 6 nitrogen and oxygen atoms in total. The molecule has 6 heteroatoms. The van der Waals surface area contributed by atoms with E-state index in [0.717, 1.165) is 20.0 Å². The summed E-state index contributed by atoms with van der Waals surface area (Å²) in [5.74, 6) is 0. The molecule has 0 radical (unpaired) electrons. The van der Waals surface area contributed by atoms with Gasteiger partial charge in [0.1, 0.15) is 32.7 Å². The fourth-order valence-corrected chi connectivity index (χ4v) is 1.33. The summed E-state index contributed by atoms with van der Waals surface area (Å²) in [6.07, 6.45) is 3.65. The normalized spacial score (nSPS) is 21.1. The predicted octanol–water partition coefficient (Wildman–Crippen LogP) is -0.760. The zero-order valence-electron chi connectivity index (χ0n) is 7.96. The zero-order chi connectivity index (χ0) is 9.26. The Balaban J connectivity index is 1.80. The summed E-state index contributed by atoms with van der Waals surface area (Å²) in [4.78, 5) is 4.06. The van der Waals surface area contributed by atoms with Gasteiger partial charge in [0.25, 0.3) is 0 Å². The second-order valence-corrected chi connectivity index (χ2v) is 3.41. The molecule has 0 aliphatic carbocycles. The van der Waals surface area contributed by atoms with Crippen molar-refractivity contribution in [1.29, 1.82) is 0 Å². The molecule has 0 N–H and O–H groups in total. The Hall–Kier alpha value is -1.46. The van der Waals surface area contributed by atoms with Gasteiger partial charge in [0.05, 0.1) is 0 Å². The van der Waals surface area contributed by atoms with Crippen LogP contribution >= 0.6 is 0 Å². The van der Waals surface area contributed by atoms with E-state index in [0.29, 0.717) is 0 Å². The van der Waals surface area contributed by atoms with Gasteiger partial charge < -0.3 is 9.80 Å². The monoisotopic (exact) mass is 182 g/mol. The topological polar surface area (TPSA) is 37.7 Å². The molecule has 2 heterocycles. The van der Waals surface area contributed by atoms with Crippen LogP contribution in [0.25, 0.3) is 0 Å². The van der Waals surface area contributed by atoms with E-state index in [4.69, 9.17) is 0 Å². The Bertz CT molecular complexity index is 213. The standard InChI is InChI=1S/C7H14N6/c1-10-3-8-12(5-10)7-13-6-11(2)4-9-13/h3-4H,5-7H2,1-2H3. The average Bonchev–Trinajstić information content (AvgIpc) is 2.62. The number of nitrogens with zero attached hydrogens (tertiary/aromatic N) is 6. The molecule has 0 atom stereocenters. The summed E-state index contributed by atoms with van der Waals surface area (Å²) in [5.41, 5.74) is 0. The van der Waals surface area contributed by atoms with E-state index in [-0.39, 0.29) is 0 Å². The number of hydrazone groups is 2. The second-order valence-electron chi connectivity index (χ2n) is 3.41. The molecule has 0 bridgehead atoms. The molecule has 0 saturated heterocycles. The van der Waals surface area contributed by atoms with Crippen molar-refractivity contribution in [2.24, 2.45) is 10.2 Å². The van der Waals surface area contributed by atoms with Crippen molar-refractivity contribution >= 4 is 12.7 Å². The lowest BCUT2D eigenvalue weighted by atomic mass is 10.8. The van der Waals surface area contributed by atoms with Gasteiger partial charge in [-0.15, -0.1) is 0 Å². The first kappa shape index (κ1) is 8.15. The van der Waals surface area contributed by atoms with Gasteiger partial charge in [-0.3, -0.25) is 10.0 Å². The van der Waals surface area contributed by atoms with E-state index >= 15 is 0 Å². The first-order valence-corrected chi connectivity index (χ1v) is 4.22. The van der Waals surface area contributed by atoms with Crippen LogP contribution < -0.4 is 0 Å². The first-order valence-electron chi connectivity index (χ1n) is 4.22. The van der Waals surface area contributed by atoms with E-state index in [9.17, 15) is 0 Å². The highest BCUT2D eigenvalue weighted by molar-refractivity contribution is 5.56. The van der Waals surface area contributed by atoms with Crippen molar-refractivity contribution in [3.8, 4) is 0 Å². The fourth-order valence-electron chi connectivity index (χ4n) is 1.33. The summed E-state index contributed by atoms with van der Waals surface area (Å²) in [7, 11) is 4.01. The van der Waals surface area contributed by atoms with E-state index in [1.165, 1.54) is 0 Å². The highest BCUT2D eigenvalue weighted by atomic mass is 15.7. The third kappa shape index (κ3) is 1.82. The molecule has 2 rings (SSSR count). The summed E-state index contributed by atoms with van der Waals surface area (Å²) in [6, 6.07) is 0. The van der Waals surface area contributed by atoms with Crippen molar-refractivity contribution in [3.63, 3.8) is 0 Å². The summed E-state index contributed by atoms with van der Waals surface area (Å²) in [5, 5.41) is 12.3. The number of hydrogen-bond donors (Lipinski definition) is 0. The second kappa shape index (κ2) is 3.12. The number of hydrogen-bond acceptors (Lipinski definition) is 6. The van der Waals surface area contributed by atoms with E-state index in [1.54, 1.807) is 0 Å². The van der Waals surface area contributed by atoms with Crippen LogP contribution in [0, 0.1) is 0 Å². The van der Waals surface area contributed by atoms with Gasteiger partial charge in [-0.05, 0) is 0 Å². The van der Waals surface area contributed by atoms with Crippen LogP contribution in [0.2, 0.25) is 0 Å². The van der Waals surface area contributed by atoms with Crippen LogP contribution in [0.15, 0.2) is 10.2 Å². The summed E-state index contributed by atoms with van der Waals surface area (Å²) in [6.45, 7) is 2.44. The summed E-state index contributed by atoms with van der Waals surface area (Å²) < 4.78 is 0. The maximum Gasteiger partial charge on any atom is 0.127 e. The third-order valence-corrected chi connectivity index (χ3v) is 1.92. The SMILES string of the molecule is CN1C=NN(CN2CN(C)C=N2)C1. The molecule has 0 amide bonds. The Morgan fingerprint density at radius 2 is 1.46 bits per heavy atom. The van der Waals surface area contributed by atoms with Gasteiger partial charge in [-0.25, -0.2) is 0 Å². The lowest BCUT2D eigenvalue weighted by Gasteiger charge is -2.22. The molecule has 0 aromatic heterocycles. The Labute approximate surface area is 77.7 Å². The van der Waals surface area contributed by atoms with Gasteiger partial charge in [0, 0.05) is 14.1 Å². The summed E-state index contributed by atoms with van der Waals surface area (Å²) >= 11 is 0. The molecule has 72 valence electrons. The maximum atomic E-state index is 4.21.